The number of hydrogen-bond donors (Lipinski definition) is 1. The molecule has 0 aliphatic carbocycles. The van der Waals surface area contributed by atoms with Gasteiger partial charge in [-0.3, -0.25) is 4.90 Å². The number of thiol groups is 1. The molecule has 72 valence electrons. The van der Waals surface area contributed by atoms with Crippen LogP contribution in [0.15, 0.2) is 12.2 Å². The summed E-state index contributed by atoms with van der Waals surface area (Å²) in [6.45, 7) is 11.6. The summed E-state index contributed by atoms with van der Waals surface area (Å²) in [6, 6.07) is 0.613. The average molecular weight is 187 g/mol. The largest absolute Gasteiger partial charge is 0.299 e. The lowest BCUT2D eigenvalue weighted by Crippen LogP contribution is -2.34. The Kier molecular flexibility index (Phi) is 5.68. The van der Waals surface area contributed by atoms with Gasteiger partial charge in [-0.25, -0.2) is 0 Å². The van der Waals surface area contributed by atoms with Crippen LogP contribution in [0.5, 0.6) is 0 Å². The van der Waals surface area contributed by atoms with Gasteiger partial charge in [-0.05, 0) is 19.9 Å². The molecule has 0 radical (unpaired) electrons. The molecule has 0 amide bonds. The fraction of sp³-hybridized carbons (Fsp3) is 0.800. The van der Waals surface area contributed by atoms with Crippen LogP contribution in [0, 0.1) is 5.92 Å². The molecule has 0 aromatic heterocycles. The van der Waals surface area contributed by atoms with Crippen LogP contribution in [-0.4, -0.2) is 30.3 Å². The molecule has 0 aromatic rings. The van der Waals surface area contributed by atoms with Gasteiger partial charge in [-0.2, -0.15) is 12.6 Å². The highest BCUT2D eigenvalue weighted by Gasteiger charge is 2.12. The Morgan fingerprint density at radius 1 is 1.42 bits per heavy atom. The van der Waals surface area contributed by atoms with Crippen molar-refractivity contribution in [1.29, 1.82) is 0 Å². The third kappa shape index (κ3) is 4.17. The van der Waals surface area contributed by atoms with Gasteiger partial charge in [0.1, 0.15) is 0 Å². The van der Waals surface area contributed by atoms with Gasteiger partial charge in [0.15, 0.2) is 0 Å². The summed E-state index contributed by atoms with van der Waals surface area (Å²) in [5.74, 6) is 1.48. The van der Waals surface area contributed by atoms with Crippen LogP contribution in [0.1, 0.15) is 20.8 Å². The van der Waals surface area contributed by atoms with Crippen LogP contribution in [0.2, 0.25) is 0 Å². The van der Waals surface area contributed by atoms with E-state index in [0.717, 1.165) is 12.3 Å². The number of likely N-dealkylation sites (N-methyl/N-ethyl adjacent to an activating group) is 1. The minimum atomic E-state index is 0.613. The average Bonchev–Trinajstić information content (AvgIpc) is 2.02. The third-order valence-electron chi connectivity index (χ3n) is 2.36. The zero-order valence-corrected chi connectivity index (χ0v) is 9.56. The summed E-state index contributed by atoms with van der Waals surface area (Å²) in [6.07, 6.45) is 0. The molecule has 0 saturated heterocycles. The molecule has 0 N–H and O–H groups in total. The molecular formula is C10H21NS. The lowest BCUT2D eigenvalue weighted by molar-refractivity contribution is 0.224. The van der Waals surface area contributed by atoms with Crippen LogP contribution >= 0.6 is 12.6 Å². The first kappa shape index (κ1) is 12.0. The standard InChI is InChI=1S/C10H21NS/c1-8(2)10(4)11(5)6-9(3)7-12/h8,10,12H,3,6-7H2,1-2,4-5H3. The predicted octanol–water partition coefficient (Wildman–Crippen LogP) is 2.45. The zero-order chi connectivity index (χ0) is 9.72. The van der Waals surface area contributed by atoms with Gasteiger partial charge in [0.2, 0.25) is 0 Å². The van der Waals surface area contributed by atoms with Crippen LogP contribution in [-0.2, 0) is 0 Å². The van der Waals surface area contributed by atoms with E-state index >= 15 is 0 Å². The van der Waals surface area contributed by atoms with Crippen molar-refractivity contribution in [3.05, 3.63) is 12.2 Å². The molecule has 1 nitrogen and oxygen atoms in total. The maximum absolute atomic E-state index is 4.18. The van der Waals surface area contributed by atoms with Gasteiger partial charge in [0, 0.05) is 18.3 Å². The Bertz CT molecular complexity index is 143. The molecule has 0 bridgehead atoms. The second-order valence-electron chi connectivity index (χ2n) is 3.81. The van der Waals surface area contributed by atoms with Gasteiger partial charge in [0.05, 0.1) is 0 Å². The topological polar surface area (TPSA) is 3.24 Å². The van der Waals surface area contributed by atoms with Gasteiger partial charge in [-0.1, -0.05) is 26.0 Å². The van der Waals surface area contributed by atoms with Gasteiger partial charge < -0.3 is 0 Å². The van der Waals surface area contributed by atoms with Crippen molar-refractivity contribution in [1.82, 2.24) is 4.90 Å². The van der Waals surface area contributed by atoms with Crippen molar-refractivity contribution < 1.29 is 0 Å². The second-order valence-corrected chi connectivity index (χ2v) is 4.12. The molecular weight excluding hydrogens is 166 g/mol. The van der Waals surface area contributed by atoms with Crippen molar-refractivity contribution in [2.75, 3.05) is 19.3 Å². The molecule has 1 unspecified atom stereocenters. The molecule has 0 fully saturated rings. The highest BCUT2D eigenvalue weighted by molar-refractivity contribution is 7.80. The third-order valence-corrected chi connectivity index (χ3v) is 2.80. The minimum Gasteiger partial charge on any atom is -0.299 e. The van der Waals surface area contributed by atoms with Crippen LogP contribution < -0.4 is 0 Å². The molecule has 12 heavy (non-hydrogen) atoms. The maximum Gasteiger partial charge on any atom is 0.0198 e. The SMILES string of the molecule is C=C(CS)CN(C)C(C)C(C)C. The molecule has 0 saturated carbocycles. The minimum absolute atomic E-state index is 0.613. The highest BCUT2D eigenvalue weighted by Crippen LogP contribution is 2.09. The second kappa shape index (κ2) is 5.65. The molecule has 0 aliphatic heterocycles. The van der Waals surface area contributed by atoms with E-state index in [9.17, 15) is 0 Å². The van der Waals surface area contributed by atoms with Crippen LogP contribution in [0.25, 0.3) is 0 Å². The van der Waals surface area contributed by atoms with E-state index in [2.05, 4.69) is 51.9 Å². The van der Waals surface area contributed by atoms with Crippen molar-refractivity contribution in [2.45, 2.75) is 26.8 Å². The molecule has 0 rings (SSSR count). The van der Waals surface area contributed by atoms with E-state index in [0.29, 0.717) is 12.0 Å². The Morgan fingerprint density at radius 2 is 1.92 bits per heavy atom. The van der Waals surface area contributed by atoms with E-state index in [-0.39, 0.29) is 0 Å². The van der Waals surface area contributed by atoms with Crippen LogP contribution in [0.3, 0.4) is 0 Å². The summed E-state index contributed by atoms with van der Waals surface area (Å²) in [7, 11) is 2.14. The Balaban J connectivity index is 3.86. The quantitative estimate of drug-likeness (QED) is 0.511. The van der Waals surface area contributed by atoms with Crippen molar-refractivity contribution >= 4 is 12.6 Å². The summed E-state index contributed by atoms with van der Waals surface area (Å²) in [5.41, 5.74) is 1.19. The normalized spacial score (nSPS) is 13.9. The van der Waals surface area contributed by atoms with E-state index < -0.39 is 0 Å². The molecule has 0 aliphatic rings. The monoisotopic (exact) mass is 187 g/mol. The summed E-state index contributed by atoms with van der Waals surface area (Å²) in [4.78, 5) is 2.32. The maximum atomic E-state index is 4.18. The van der Waals surface area contributed by atoms with E-state index in [1.54, 1.807) is 0 Å². The Morgan fingerprint density at radius 3 is 2.25 bits per heavy atom. The predicted molar refractivity (Wildman–Crippen MR) is 59.9 cm³/mol. The first-order chi connectivity index (χ1) is 5.49. The number of hydrogen-bond acceptors (Lipinski definition) is 2. The van der Waals surface area contributed by atoms with Crippen LogP contribution in [0.4, 0.5) is 0 Å². The van der Waals surface area contributed by atoms with Gasteiger partial charge >= 0.3 is 0 Å². The summed E-state index contributed by atoms with van der Waals surface area (Å²) in [5, 5.41) is 0. The molecule has 1 atom stereocenters. The fourth-order valence-corrected chi connectivity index (χ4v) is 1.16. The number of rotatable bonds is 5. The molecule has 0 spiro atoms. The fourth-order valence-electron chi connectivity index (χ4n) is 1.06. The lowest BCUT2D eigenvalue weighted by atomic mass is 10.1. The van der Waals surface area contributed by atoms with Gasteiger partial charge in [-0.15, -0.1) is 0 Å². The number of nitrogens with zero attached hydrogens (tertiary/aromatic N) is 1. The Hall–Kier alpha value is 0.0500. The lowest BCUT2D eigenvalue weighted by Gasteiger charge is -2.28. The molecule has 2 heteroatoms. The zero-order valence-electron chi connectivity index (χ0n) is 8.67. The Labute approximate surface area is 82.2 Å². The van der Waals surface area contributed by atoms with E-state index in [4.69, 9.17) is 0 Å². The van der Waals surface area contributed by atoms with Crippen molar-refractivity contribution in [2.24, 2.45) is 5.92 Å². The van der Waals surface area contributed by atoms with Crippen molar-refractivity contribution in [3.8, 4) is 0 Å². The smallest absolute Gasteiger partial charge is 0.0198 e. The highest BCUT2D eigenvalue weighted by atomic mass is 32.1. The molecule has 0 heterocycles. The van der Waals surface area contributed by atoms with Crippen molar-refractivity contribution in [3.63, 3.8) is 0 Å². The first-order valence-corrected chi connectivity index (χ1v) is 5.10. The van der Waals surface area contributed by atoms with E-state index in [1.807, 2.05) is 0 Å². The summed E-state index contributed by atoms with van der Waals surface area (Å²) < 4.78 is 0. The summed E-state index contributed by atoms with van der Waals surface area (Å²) >= 11 is 4.18. The molecule has 0 aromatic carbocycles. The van der Waals surface area contributed by atoms with Gasteiger partial charge in [0.25, 0.3) is 0 Å². The first-order valence-electron chi connectivity index (χ1n) is 4.46. The van der Waals surface area contributed by atoms with E-state index in [1.165, 1.54) is 5.57 Å².